The van der Waals surface area contributed by atoms with Gasteiger partial charge < -0.3 is 5.32 Å². The fourth-order valence-electron chi connectivity index (χ4n) is 2.64. The summed E-state index contributed by atoms with van der Waals surface area (Å²) >= 11 is 3.62. The van der Waals surface area contributed by atoms with Crippen molar-refractivity contribution in [1.82, 2.24) is 5.32 Å². The number of hydrogen-bond acceptors (Lipinski definition) is 1. The first kappa shape index (κ1) is 13.1. The van der Waals surface area contributed by atoms with Crippen LogP contribution in [0, 0.1) is 5.92 Å². The lowest BCUT2D eigenvalue weighted by Crippen LogP contribution is -2.32. The highest BCUT2D eigenvalue weighted by Gasteiger charge is 2.21. The summed E-state index contributed by atoms with van der Waals surface area (Å²) in [6.45, 7) is 4.56. The third kappa shape index (κ3) is 3.56. The van der Waals surface area contributed by atoms with Gasteiger partial charge in [0.1, 0.15) is 0 Å². The van der Waals surface area contributed by atoms with E-state index in [1.54, 1.807) is 0 Å². The molecule has 1 unspecified atom stereocenters. The number of nitrogens with one attached hydrogen (secondary N) is 1. The van der Waals surface area contributed by atoms with Crippen molar-refractivity contribution < 1.29 is 0 Å². The molecule has 0 aliphatic heterocycles. The van der Waals surface area contributed by atoms with Gasteiger partial charge in [0.15, 0.2) is 0 Å². The second-order valence-electron chi connectivity index (χ2n) is 5.34. The molecular formula is C15H22BrN. The second kappa shape index (κ2) is 6.01. The first-order chi connectivity index (χ1) is 8.16. The van der Waals surface area contributed by atoms with E-state index in [0.29, 0.717) is 12.1 Å². The predicted molar refractivity (Wildman–Crippen MR) is 77.1 cm³/mol. The highest BCUT2D eigenvalue weighted by molar-refractivity contribution is 9.10. The van der Waals surface area contributed by atoms with Crippen molar-refractivity contribution in [3.63, 3.8) is 0 Å². The minimum Gasteiger partial charge on any atom is -0.308 e. The summed E-state index contributed by atoms with van der Waals surface area (Å²) < 4.78 is 1.20. The van der Waals surface area contributed by atoms with Crippen LogP contribution in [-0.4, -0.2) is 6.04 Å². The minimum absolute atomic E-state index is 0.417. The maximum Gasteiger partial charge on any atom is 0.0305 e. The third-order valence-corrected chi connectivity index (χ3v) is 4.54. The van der Waals surface area contributed by atoms with E-state index in [9.17, 15) is 0 Å². The highest BCUT2D eigenvalue weighted by Crippen LogP contribution is 2.31. The zero-order valence-electron chi connectivity index (χ0n) is 10.7. The largest absolute Gasteiger partial charge is 0.308 e. The summed E-state index contributed by atoms with van der Waals surface area (Å²) in [5.74, 6) is 0.976. The van der Waals surface area contributed by atoms with E-state index in [4.69, 9.17) is 0 Å². The SMILES string of the molecule is CC(CC1CCC1)N[C@H](C)c1ccccc1Br. The van der Waals surface area contributed by atoms with Crippen molar-refractivity contribution in [3.05, 3.63) is 34.3 Å². The Morgan fingerprint density at radius 1 is 1.29 bits per heavy atom. The smallest absolute Gasteiger partial charge is 0.0305 e. The van der Waals surface area contributed by atoms with Crippen LogP contribution in [0.5, 0.6) is 0 Å². The molecule has 0 radical (unpaired) electrons. The van der Waals surface area contributed by atoms with Crippen molar-refractivity contribution in [2.45, 2.75) is 51.6 Å². The van der Waals surface area contributed by atoms with Gasteiger partial charge in [-0.05, 0) is 37.8 Å². The van der Waals surface area contributed by atoms with Crippen molar-refractivity contribution in [3.8, 4) is 0 Å². The Labute approximate surface area is 113 Å². The van der Waals surface area contributed by atoms with Gasteiger partial charge in [-0.2, -0.15) is 0 Å². The van der Waals surface area contributed by atoms with Crippen LogP contribution in [0.3, 0.4) is 0 Å². The molecule has 1 aromatic rings. The van der Waals surface area contributed by atoms with Crippen molar-refractivity contribution >= 4 is 15.9 Å². The Kier molecular flexibility index (Phi) is 4.63. The van der Waals surface area contributed by atoms with E-state index in [1.807, 2.05) is 0 Å². The number of hydrogen-bond donors (Lipinski definition) is 1. The molecule has 1 N–H and O–H groups in total. The van der Waals surface area contributed by atoms with Gasteiger partial charge in [0.25, 0.3) is 0 Å². The van der Waals surface area contributed by atoms with Crippen LogP contribution < -0.4 is 5.32 Å². The number of halogens is 1. The Bertz CT molecular complexity index is 360. The Hall–Kier alpha value is -0.340. The Balaban J connectivity index is 1.87. The molecule has 0 heterocycles. The molecule has 1 aromatic carbocycles. The molecule has 0 aromatic heterocycles. The van der Waals surface area contributed by atoms with E-state index in [-0.39, 0.29) is 0 Å². The summed E-state index contributed by atoms with van der Waals surface area (Å²) in [4.78, 5) is 0. The molecule has 94 valence electrons. The van der Waals surface area contributed by atoms with Crippen LogP contribution >= 0.6 is 15.9 Å². The fourth-order valence-corrected chi connectivity index (χ4v) is 3.27. The molecule has 2 atom stereocenters. The molecule has 0 spiro atoms. The lowest BCUT2D eigenvalue weighted by Gasteiger charge is -2.30. The summed E-state index contributed by atoms with van der Waals surface area (Å²) in [6, 6.07) is 9.51. The van der Waals surface area contributed by atoms with Crippen LogP contribution in [0.15, 0.2) is 28.7 Å². The summed E-state index contributed by atoms with van der Waals surface area (Å²) in [5, 5.41) is 3.71. The number of benzene rings is 1. The molecule has 2 rings (SSSR count). The molecule has 2 heteroatoms. The van der Waals surface area contributed by atoms with E-state index in [1.165, 1.54) is 35.7 Å². The van der Waals surface area contributed by atoms with Crippen molar-refractivity contribution in [1.29, 1.82) is 0 Å². The zero-order chi connectivity index (χ0) is 12.3. The predicted octanol–water partition coefficient (Wildman–Crippen LogP) is 4.68. The van der Waals surface area contributed by atoms with E-state index in [0.717, 1.165) is 5.92 Å². The molecule has 1 nitrogen and oxygen atoms in total. The average Bonchev–Trinajstić information content (AvgIpc) is 2.24. The van der Waals surface area contributed by atoms with Crippen LogP contribution in [0.25, 0.3) is 0 Å². The molecule has 1 aliphatic carbocycles. The van der Waals surface area contributed by atoms with Gasteiger partial charge in [-0.1, -0.05) is 53.4 Å². The molecule has 0 bridgehead atoms. The van der Waals surface area contributed by atoms with Gasteiger partial charge in [-0.25, -0.2) is 0 Å². The summed E-state index contributed by atoms with van der Waals surface area (Å²) in [7, 11) is 0. The molecule has 17 heavy (non-hydrogen) atoms. The van der Waals surface area contributed by atoms with Crippen LogP contribution in [-0.2, 0) is 0 Å². The lowest BCUT2D eigenvalue weighted by atomic mass is 9.81. The average molecular weight is 296 g/mol. The van der Waals surface area contributed by atoms with Gasteiger partial charge in [0.2, 0.25) is 0 Å². The molecule has 0 saturated heterocycles. The molecule has 1 aliphatic rings. The van der Waals surface area contributed by atoms with Crippen LogP contribution in [0.1, 0.15) is 51.1 Å². The molecular weight excluding hydrogens is 274 g/mol. The van der Waals surface area contributed by atoms with Gasteiger partial charge in [0, 0.05) is 16.6 Å². The minimum atomic E-state index is 0.417. The second-order valence-corrected chi connectivity index (χ2v) is 6.20. The normalized spacial score (nSPS) is 19.7. The Morgan fingerprint density at radius 3 is 2.59 bits per heavy atom. The van der Waals surface area contributed by atoms with E-state index >= 15 is 0 Å². The fraction of sp³-hybridized carbons (Fsp3) is 0.600. The van der Waals surface area contributed by atoms with Gasteiger partial charge in [-0.15, -0.1) is 0 Å². The molecule has 1 fully saturated rings. The van der Waals surface area contributed by atoms with Crippen LogP contribution in [0.4, 0.5) is 0 Å². The number of rotatable bonds is 5. The highest BCUT2D eigenvalue weighted by atomic mass is 79.9. The van der Waals surface area contributed by atoms with E-state index < -0.39 is 0 Å². The Morgan fingerprint density at radius 2 is 2.00 bits per heavy atom. The standard InChI is InChI=1S/C15H22BrN/c1-11(10-13-6-5-7-13)17-12(2)14-8-3-4-9-15(14)16/h3-4,8-9,11-13,17H,5-7,10H2,1-2H3/t11?,12-/m1/s1. The van der Waals surface area contributed by atoms with Crippen molar-refractivity contribution in [2.24, 2.45) is 5.92 Å². The third-order valence-electron chi connectivity index (χ3n) is 3.82. The zero-order valence-corrected chi connectivity index (χ0v) is 12.3. The topological polar surface area (TPSA) is 12.0 Å². The first-order valence-corrected chi connectivity index (χ1v) is 7.46. The van der Waals surface area contributed by atoms with E-state index in [2.05, 4.69) is 59.4 Å². The summed E-state index contributed by atoms with van der Waals surface area (Å²) in [6.07, 6.45) is 5.65. The summed E-state index contributed by atoms with van der Waals surface area (Å²) in [5.41, 5.74) is 1.35. The van der Waals surface area contributed by atoms with Crippen molar-refractivity contribution in [2.75, 3.05) is 0 Å². The quantitative estimate of drug-likeness (QED) is 0.832. The van der Waals surface area contributed by atoms with Gasteiger partial charge in [-0.3, -0.25) is 0 Å². The molecule has 0 amide bonds. The maximum absolute atomic E-state index is 3.71. The molecule has 1 saturated carbocycles. The maximum atomic E-state index is 3.71. The lowest BCUT2D eigenvalue weighted by molar-refractivity contribution is 0.259. The first-order valence-electron chi connectivity index (χ1n) is 6.67. The van der Waals surface area contributed by atoms with Gasteiger partial charge >= 0.3 is 0 Å². The monoisotopic (exact) mass is 295 g/mol. The van der Waals surface area contributed by atoms with Gasteiger partial charge in [0.05, 0.1) is 0 Å². The van der Waals surface area contributed by atoms with Crippen LogP contribution in [0.2, 0.25) is 0 Å².